The van der Waals surface area contributed by atoms with Crippen LogP contribution in [-0.4, -0.2) is 6.29 Å². The Balaban J connectivity index is 3.10. The van der Waals surface area contributed by atoms with E-state index < -0.39 is 0 Å². The minimum Gasteiger partial charge on any atom is -0.298 e. The Kier molecular flexibility index (Phi) is 1.99. The number of hydrogen-bond donors (Lipinski definition) is 0. The number of hydrogen-bond acceptors (Lipinski definition) is 1. The zero-order valence-electron chi connectivity index (χ0n) is 7.35. The molecule has 0 saturated carbocycles. The van der Waals surface area contributed by atoms with Crippen molar-refractivity contribution in [2.75, 3.05) is 0 Å². The predicted octanol–water partition coefficient (Wildman–Crippen LogP) is 2.49. The van der Waals surface area contributed by atoms with E-state index in [2.05, 4.69) is 19.9 Å². The molecule has 0 saturated heterocycles. The number of allylic oxidation sites excluding steroid dienone is 4. The molecule has 0 fully saturated rings. The van der Waals surface area contributed by atoms with Gasteiger partial charge in [-0.3, -0.25) is 4.79 Å². The SMILES string of the molecule is CC1=C(C=O)C(C)(C)CC=C1. The summed E-state index contributed by atoms with van der Waals surface area (Å²) in [7, 11) is 0. The van der Waals surface area contributed by atoms with Gasteiger partial charge in [0.1, 0.15) is 6.29 Å². The number of carbonyl (C=O) groups is 1. The normalized spacial score (nSPS) is 22.1. The summed E-state index contributed by atoms with van der Waals surface area (Å²) >= 11 is 0. The Bertz CT molecular complexity index is 231. The van der Waals surface area contributed by atoms with Crippen LogP contribution in [0.4, 0.5) is 0 Å². The molecule has 1 rings (SSSR count). The summed E-state index contributed by atoms with van der Waals surface area (Å²) in [6.07, 6.45) is 6.11. The molecule has 0 bridgehead atoms. The maximum Gasteiger partial charge on any atom is 0.146 e. The molecule has 0 unspecified atom stereocenters. The predicted molar refractivity (Wildman–Crippen MR) is 46.3 cm³/mol. The minimum absolute atomic E-state index is 0.0422. The zero-order chi connectivity index (χ0) is 8.48. The Labute approximate surface area is 67.8 Å². The van der Waals surface area contributed by atoms with Gasteiger partial charge in [-0.2, -0.15) is 0 Å². The van der Waals surface area contributed by atoms with E-state index in [1.807, 2.05) is 13.0 Å². The smallest absolute Gasteiger partial charge is 0.146 e. The van der Waals surface area contributed by atoms with Gasteiger partial charge in [0.2, 0.25) is 0 Å². The van der Waals surface area contributed by atoms with Crippen LogP contribution in [-0.2, 0) is 4.79 Å². The Morgan fingerprint density at radius 1 is 1.55 bits per heavy atom. The third-order valence-corrected chi connectivity index (χ3v) is 2.27. The van der Waals surface area contributed by atoms with E-state index in [9.17, 15) is 4.79 Å². The molecule has 0 N–H and O–H groups in total. The molecular formula is C10H14O. The molecular weight excluding hydrogens is 136 g/mol. The molecule has 1 heteroatoms. The van der Waals surface area contributed by atoms with Gasteiger partial charge < -0.3 is 0 Å². The quantitative estimate of drug-likeness (QED) is 0.525. The van der Waals surface area contributed by atoms with Crippen molar-refractivity contribution in [3.05, 3.63) is 23.3 Å². The molecule has 1 nitrogen and oxygen atoms in total. The van der Waals surface area contributed by atoms with Crippen molar-refractivity contribution in [3.63, 3.8) is 0 Å². The van der Waals surface area contributed by atoms with Crippen LogP contribution >= 0.6 is 0 Å². The average molecular weight is 150 g/mol. The van der Waals surface area contributed by atoms with Gasteiger partial charge >= 0.3 is 0 Å². The van der Waals surface area contributed by atoms with E-state index >= 15 is 0 Å². The summed E-state index contributed by atoms with van der Waals surface area (Å²) in [5.74, 6) is 0. The van der Waals surface area contributed by atoms with E-state index in [0.29, 0.717) is 0 Å². The lowest BCUT2D eigenvalue weighted by Crippen LogP contribution is -2.18. The standard InChI is InChI=1S/C10H14O/c1-8-5-4-6-10(2,3)9(8)7-11/h4-5,7H,6H2,1-3H3. The zero-order valence-corrected chi connectivity index (χ0v) is 7.35. The first-order valence-corrected chi connectivity index (χ1v) is 3.91. The monoisotopic (exact) mass is 150 g/mol. The molecule has 0 radical (unpaired) electrons. The molecule has 0 aromatic rings. The molecule has 0 aromatic heterocycles. The summed E-state index contributed by atoms with van der Waals surface area (Å²) in [4.78, 5) is 10.7. The van der Waals surface area contributed by atoms with Gasteiger partial charge in [0, 0.05) is 5.57 Å². The largest absolute Gasteiger partial charge is 0.298 e. The van der Waals surface area contributed by atoms with Crippen LogP contribution in [0.1, 0.15) is 27.2 Å². The van der Waals surface area contributed by atoms with Crippen LogP contribution in [0.25, 0.3) is 0 Å². The lowest BCUT2D eigenvalue weighted by molar-refractivity contribution is -0.105. The van der Waals surface area contributed by atoms with Crippen molar-refractivity contribution in [3.8, 4) is 0 Å². The van der Waals surface area contributed by atoms with Gasteiger partial charge in [-0.05, 0) is 24.3 Å². The highest BCUT2D eigenvalue weighted by Crippen LogP contribution is 2.34. The van der Waals surface area contributed by atoms with Crippen molar-refractivity contribution in [1.82, 2.24) is 0 Å². The third kappa shape index (κ3) is 1.42. The van der Waals surface area contributed by atoms with E-state index in [0.717, 1.165) is 23.9 Å². The molecule has 0 spiro atoms. The number of carbonyl (C=O) groups excluding carboxylic acids is 1. The van der Waals surface area contributed by atoms with Crippen LogP contribution in [0.15, 0.2) is 23.3 Å². The fourth-order valence-corrected chi connectivity index (χ4v) is 1.52. The second-order valence-corrected chi connectivity index (χ2v) is 3.70. The third-order valence-electron chi connectivity index (χ3n) is 2.27. The second kappa shape index (κ2) is 2.65. The van der Waals surface area contributed by atoms with Gasteiger partial charge in [-0.15, -0.1) is 0 Å². The molecule has 60 valence electrons. The van der Waals surface area contributed by atoms with Gasteiger partial charge in [0.15, 0.2) is 0 Å². The summed E-state index contributed by atoms with van der Waals surface area (Å²) in [6.45, 7) is 6.19. The van der Waals surface area contributed by atoms with Crippen molar-refractivity contribution < 1.29 is 4.79 Å². The maximum absolute atomic E-state index is 10.7. The summed E-state index contributed by atoms with van der Waals surface area (Å²) in [5.41, 5.74) is 2.09. The van der Waals surface area contributed by atoms with Crippen molar-refractivity contribution in [2.24, 2.45) is 5.41 Å². The first kappa shape index (κ1) is 8.25. The Hall–Kier alpha value is -0.850. The molecule has 0 aromatic carbocycles. The molecule has 0 heterocycles. The van der Waals surface area contributed by atoms with Crippen LogP contribution in [0.2, 0.25) is 0 Å². The van der Waals surface area contributed by atoms with Gasteiger partial charge in [-0.1, -0.05) is 26.0 Å². The fourth-order valence-electron chi connectivity index (χ4n) is 1.52. The molecule has 0 amide bonds. The van der Waals surface area contributed by atoms with E-state index in [4.69, 9.17) is 0 Å². The highest BCUT2D eigenvalue weighted by molar-refractivity contribution is 5.78. The van der Waals surface area contributed by atoms with Gasteiger partial charge in [-0.25, -0.2) is 0 Å². The van der Waals surface area contributed by atoms with Crippen LogP contribution in [0, 0.1) is 5.41 Å². The first-order valence-electron chi connectivity index (χ1n) is 3.91. The second-order valence-electron chi connectivity index (χ2n) is 3.70. The van der Waals surface area contributed by atoms with Crippen LogP contribution in [0.3, 0.4) is 0 Å². The van der Waals surface area contributed by atoms with Gasteiger partial charge in [0.25, 0.3) is 0 Å². The Morgan fingerprint density at radius 3 is 2.55 bits per heavy atom. The lowest BCUT2D eigenvalue weighted by atomic mass is 9.76. The summed E-state index contributed by atoms with van der Waals surface area (Å²) in [6, 6.07) is 0. The fraction of sp³-hybridized carbons (Fsp3) is 0.500. The van der Waals surface area contributed by atoms with Crippen LogP contribution in [0.5, 0.6) is 0 Å². The van der Waals surface area contributed by atoms with Gasteiger partial charge in [0.05, 0.1) is 0 Å². The summed E-state index contributed by atoms with van der Waals surface area (Å²) < 4.78 is 0. The maximum atomic E-state index is 10.7. The summed E-state index contributed by atoms with van der Waals surface area (Å²) in [5, 5.41) is 0. The highest BCUT2D eigenvalue weighted by Gasteiger charge is 2.25. The molecule has 11 heavy (non-hydrogen) atoms. The lowest BCUT2D eigenvalue weighted by Gasteiger charge is -2.27. The molecule has 1 aliphatic carbocycles. The van der Waals surface area contributed by atoms with Crippen molar-refractivity contribution in [1.29, 1.82) is 0 Å². The van der Waals surface area contributed by atoms with Crippen molar-refractivity contribution >= 4 is 6.29 Å². The first-order chi connectivity index (χ1) is 5.08. The van der Waals surface area contributed by atoms with Crippen molar-refractivity contribution in [2.45, 2.75) is 27.2 Å². The number of aldehydes is 1. The average Bonchev–Trinajstić information content (AvgIpc) is 1.86. The van der Waals surface area contributed by atoms with Crippen LogP contribution < -0.4 is 0 Å². The molecule has 1 aliphatic rings. The Morgan fingerprint density at radius 2 is 2.18 bits per heavy atom. The highest BCUT2D eigenvalue weighted by atomic mass is 16.1. The van der Waals surface area contributed by atoms with E-state index in [1.54, 1.807) is 0 Å². The molecule has 0 aliphatic heterocycles. The van der Waals surface area contributed by atoms with E-state index in [-0.39, 0.29) is 5.41 Å². The minimum atomic E-state index is 0.0422. The van der Waals surface area contributed by atoms with E-state index in [1.165, 1.54) is 0 Å². The number of rotatable bonds is 1. The molecule has 0 atom stereocenters. The topological polar surface area (TPSA) is 17.1 Å².